The lowest BCUT2D eigenvalue weighted by molar-refractivity contribution is 0.474. The van der Waals surface area contributed by atoms with Crippen molar-refractivity contribution in [2.75, 3.05) is 0 Å². The lowest BCUT2D eigenvalue weighted by Gasteiger charge is -2.00. The van der Waals surface area contributed by atoms with Gasteiger partial charge in [-0.3, -0.25) is 0 Å². The van der Waals surface area contributed by atoms with Gasteiger partial charge in [-0.1, -0.05) is 11.6 Å². The van der Waals surface area contributed by atoms with Crippen LogP contribution < -0.4 is 0 Å². The van der Waals surface area contributed by atoms with Gasteiger partial charge in [-0.2, -0.15) is 0 Å². The van der Waals surface area contributed by atoms with Crippen LogP contribution in [-0.2, 0) is 0 Å². The third kappa shape index (κ3) is 1.83. The maximum Gasteiger partial charge on any atom is 0.139 e. The molecule has 0 aliphatic rings. The van der Waals surface area contributed by atoms with Crippen molar-refractivity contribution in [2.24, 2.45) is 0 Å². The van der Waals surface area contributed by atoms with Crippen LogP contribution in [0.25, 0.3) is 22.3 Å². The van der Waals surface area contributed by atoms with E-state index in [1.54, 1.807) is 24.3 Å². The second-order valence-corrected chi connectivity index (χ2v) is 4.39. The summed E-state index contributed by atoms with van der Waals surface area (Å²) in [4.78, 5) is 0. The van der Waals surface area contributed by atoms with Crippen molar-refractivity contribution in [2.45, 2.75) is 0 Å². The maximum atomic E-state index is 13.1. The zero-order valence-electron chi connectivity index (χ0n) is 9.15. The van der Waals surface area contributed by atoms with Crippen molar-refractivity contribution in [1.82, 2.24) is 0 Å². The average molecular weight is 263 g/mol. The number of phenolic OH excluding ortho intramolecular Hbond substituents is 1. The molecule has 3 rings (SSSR count). The van der Waals surface area contributed by atoms with Crippen LogP contribution in [0.2, 0.25) is 5.02 Å². The van der Waals surface area contributed by atoms with Crippen LogP contribution in [0.1, 0.15) is 0 Å². The Kier molecular flexibility index (Phi) is 2.49. The van der Waals surface area contributed by atoms with E-state index in [9.17, 15) is 9.50 Å². The molecule has 0 amide bonds. The van der Waals surface area contributed by atoms with E-state index in [0.717, 1.165) is 0 Å². The van der Waals surface area contributed by atoms with Crippen molar-refractivity contribution in [3.05, 3.63) is 53.3 Å². The summed E-state index contributed by atoms with van der Waals surface area (Å²) in [5.74, 6) is 0.194. The Morgan fingerprint density at radius 2 is 1.89 bits per heavy atom. The SMILES string of the molecule is Oc1ccc(Cl)cc1-c1cc2cc(F)ccc2o1. The van der Waals surface area contributed by atoms with Crippen molar-refractivity contribution in [3.63, 3.8) is 0 Å². The van der Waals surface area contributed by atoms with Crippen LogP contribution in [0.4, 0.5) is 4.39 Å². The fourth-order valence-electron chi connectivity index (χ4n) is 1.85. The molecular weight excluding hydrogens is 255 g/mol. The lowest BCUT2D eigenvalue weighted by atomic mass is 10.1. The number of furan rings is 1. The van der Waals surface area contributed by atoms with Crippen LogP contribution in [0, 0.1) is 5.82 Å². The molecule has 4 heteroatoms. The highest BCUT2D eigenvalue weighted by molar-refractivity contribution is 6.30. The molecule has 18 heavy (non-hydrogen) atoms. The lowest BCUT2D eigenvalue weighted by Crippen LogP contribution is -1.75. The Hall–Kier alpha value is -2.00. The van der Waals surface area contributed by atoms with Gasteiger partial charge in [0.25, 0.3) is 0 Å². The number of fused-ring (bicyclic) bond motifs is 1. The van der Waals surface area contributed by atoms with Gasteiger partial charge in [-0.25, -0.2) is 4.39 Å². The normalized spacial score (nSPS) is 11.0. The zero-order valence-corrected chi connectivity index (χ0v) is 9.91. The largest absolute Gasteiger partial charge is 0.507 e. The molecule has 0 aliphatic carbocycles. The molecule has 0 aliphatic heterocycles. The van der Waals surface area contributed by atoms with E-state index < -0.39 is 0 Å². The van der Waals surface area contributed by atoms with Crippen LogP contribution in [0.15, 0.2) is 46.9 Å². The van der Waals surface area contributed by atoms with Gasteiger partial charge in [0.15, 0.2) is 0 Å². The molecule has 0 saturated carbocycles. The summed E-state index contributed by atoms with van der Waals surface area (Å²) in [6.07, 6.45) is 0. The van der Waals surface area contributed by atoms with Gasteiger partial charge in [-0.15, -0.1) is 0 Å². The molecule has 0 spiro atoms. The van der Waals surface area contributed by atoms with Gasteiger partial charge in [0.05, 0.1) is 5.56 Å². The highest BCUT2D eigenvalue weighted by Crippen LogP contribution is 2.35. The molecule has 1 aromatic heterocycles. The summed E-state index contributed by atoms with van der Waals surface area (Å²) in [6.45, 7) is 0. The number of hydrogen-bond acceptors (Lipinski definition) is 2. The summed E-state index contributed by atoms with van der Waals surface area (Å²) >= 11 is 5.88. The van der Waals surface area contributed by atoms with Crippen molar-refractivity contribution < 1.29 is 13.9 Å². The molecule has 2 aromatic carbocycles. The maximum absolute atomic E-state index is 13.1. The summed E-state index contributed by atoms with van der Waals surface area (Å²) in [5, 5.41) is 10.9. The number of benzene rings is 2. The van der Waals surface area contributed by atoms with E-state index in [4.69, 9.17) is 16.0 Å². The van der Waals surface area contributed by atoms with Gasteiger partial charge in [0.2, 0.25) is 0 Å². The van der Waals surface area contributed by atoms with Crippen LogP contribution in [-0.4, -0.2) is 5.11 Å². The predicted octanol–water partition coefficient (Wildman–Crippen LogP) is 4.60. The van der Waals surface area contributed by atoms with E-state index in [2.05, 4.69) is 0 Å². The summed E-state index contributed by atoms with van der Waals surface area (Å²) in [5.41, 5.74) is 1.05. The van der Waals surface area contributed by atoms with E-state index in [1.807, 2.05) is 0 Å². The molecule has 0 unspecified atom stereocenters. The number of halogens is 2. The first kappa shape index (κ1) is 11.1. The molecular formula is C14H8ClFO2. The van der Waals surface area contributed by atoms with E-state index in [0.29, 0.717) is 27.3 Å². The first-order valence-electron chi connectivity index (χ1n) is 5.31. The average Bonchev–Trinajstić information content (AvgIpc) is 2.74. The number of rotatable bonds is 1. The molecule has 90 valence electrons. The quantitative estimate of drug-likeness (QED) is 0.695. The molecule has 0 atom stereocenters. The molecule has 0 saturated heterocycles. The Labute approximate surface area is 107 Å². The van der Waals surface area contributed by atoms with Gasteiger partial charge in [0.1, 0.15) is 22.9 Å². The van der Waals surface area contributed by atoms with Crippen molar-refractivity contribution >= 4 is 22.6 Å². The first-order chi connectivity index (χ1) is 8.63. The molecule has 3 aromatic rings. The molecule has 0 bridgehead atoms. The zero-order chi connectivity index (χ0) is 12.7. The topological polar surface area (TPSA) is 33.4 Å². The second-order valence-electron chi connectivity index (χ2n) is 3.95. The second kappa shape index (κ2) is 4.03. The molecule has 1 N–H and O–H groups in total. The van der Waals surface area contributed by atoms with Crippen LogP contribution in [0.5, 0.6) is 5.75 Å². The van der Waals surface area contributed by atoms with Crippen LogP contribution >= 0.6 is 11.6 Å². The predicted molar refractivity (Wildman–Crippen MR) is 68.3 cm³/mol. The minimum Gasteiger partial charge on any atom is -0.507 e. The summed E-state index contributed by atoms with van der Waals surface area (Å²) in [7, 11) is 0. The van der Waals surface area contributed by atoms with Gasteiger partial charge in [0, 0.05) is 10.4 Å². The molecule has 0 fully saturated rings. The van der Waals surface area contributed by atoms with Gasteiger partial charge in [-0.05, 0) is 42.5 Å². The number of hydrogen-bond donors (Lipinski definition) is 1. The Balaban J connectivity index is 2.22. The Morgan fingerprint density at radius 1 is 1.06 bits per heavy atom. The minimum atomic E-state index is -0.329. The number of phenols is 1. The monoisotopic (exact) mass is 262 g/mol. The van der Waals surface area contributed by atoms with E-state index in [-0.39, 0.29) is 11.6 Å². The molecule has 1 heterocycles. The summed E-state index contributed by atoms with van der Waals surface area (Å²) in [6, 6.07) is 10.6. The van der Waals surface area contributed by atoms with E-state index in [1.165, 1.54) is 18.2 Å². The third-order valence-corrected chi connectivity index (χ3v) is 2.94. The standard InChI is InChI=1S/C14H8ClFO2/c15-9-1-3-12(17)11(7-9)14-6-8-5-10(16)2-4-13(8)18-14/h1-7,17H. The Bertz CT molecular complexity index is 734. The fraction of sp³-hybridized carbons (Fsp3) is 0. The van der Waals surface area contributed by atoms with Crippen molar-refractivity contribution in [1.29, 1.82) is 0 Å². The molecule has 0 radical (unpaired) electrons. The minimum absolute atomic E-state index is 0.0685. The fourth-order valence-corrected chi connectivity index (χ4v) is 2.02. The van der Waals surface area contributed by atoms with Gasteiger partial charge < -0.3 is 9.52 Å². The Morgan fingerprint density at radius 3 is 2.72 bits per heavy atom. The highest BCUT2D eigenvalue weighted by atomic mass is 35.5. The van der Waals surface area contributed by atoms with Crippen molar-refractivity contribution in [3.8, 4) is 17.1 Å². The highest BCUT2D eigenvalue weighted by Gasteiger charge is 2.11. The van der Waals surface area contributed by atoms with Crippen LogP contribution in [0.3, 0.4) is 0 Å². The first-order valence-corrected chi connectivity index (χ1v) is 5.69. The summed E-state index contributed by atoms with van der Waals surface area (Å²) < 4.78 is 18.6. The smallest absolute Gasteiger partial charge is 0.139 e. The molecule has 2 nitrogen and oxygen atoms in total. The van der Waals surface area contributed by atoms with E-state index >= 15 is 0 Å². The van der Waals surface area contributed by atoms with Gasteiger partial charge >= 0.3 is 0 Å². The third-order valence-electron chi connectivity index (χ3n) is 2.70. The number of aromatic hydroxyl groups is 1.